The van der Waals surface area contributed by atoms with Gasteiger partial charge in [0.2, 0.25) is 0 Å². The number of anilines is 1. The molecule has 2 aromatic rings. The van der Waals surface area contributed by atoms with Crippen LogP contribution in [0.1, 0.15) is 32.9 Å². The molecular formula is C25H31F4N7OS. The summed E-state index contributed by atoms with van der Waals surface area (Å²) >= 11 is -0.298. The van der Waals surface area contributed by atoms with Gasteiger partial charge in [-0.15, -0.1) is 0 Å². The second-order valence-corrected chi connectivity index (χ2v) is 11.3. The summed E-state index contributed by atoms with van der Waals surface area (Å²) < 4.78 is 56.1. The van der Waals surface area contributed by atoms with Crippen molar-refractivity contribution >= 4 is 29.0 Å². The van der Waals surface area contributed by atoms with E-state index in [1.807, 2.05) is 37.7 Å². The average molecular weight is 554 g/mol. The molecule has 38 heavy (non-hydrogen) atoms. The molecule has 1 fully saturated rings. The largest absolute Gasteiger partial charge is 0.446 e. The molecule has 1 amide bonds. The van der Waals surface area contributed by atoms with E-state index in [-0.39, 0.29) is 52.4 Å². The average Bonchev–Trinajstić information content (AvgIpc) is 3.44. The maximum Gasteiger partial charge on any atom is 0.446 e. The fourth-order valence-corrected chi connectivity index (χ4v) is 4.90. The lowest BCUT2D eigenvalue weighted by Crippen LogP contribution is -2.46. The molecule has 0 saturated carbocycles. The zero-order valence-corrected chi connectivity index (χ0v) is 22.4. The Hall–Kier alpha value is -2.95. The first kappa shape index (κ1) is 28.1. The normalized spacial score (nSPS) is 20.7. The number of likely N-dealkylation sites (tertiary alicyclic amines) is 1. The van der Waals surface area contributed by atoms with E-state index in [4.69, 9.17) is 0 Å². The Bertz CT molecular complexity index is 1270. The summed E-state index contributed by atoms with van der Waals surface area (Å²) in [4.78, 5) is 14.2. The van der Waals surface area contributed by atoms with Gasteiger partial charge >= 0.3 is 5.51 Å². The van der Waals surface area contributed by atoms with Crippen molar-refractivity contribution in [2.45, 2.75) is 55.3 Å². The highest BCUT2D eigenvalue weighted by atomic mass is 32.2. The van der Waals surface area contributed by atoms with Gasteiger partial charge in [-0.05, 0) is 64.1 Å². The van der Waals surface area contributed by atoms with Crippen LogP contribution in [0.4, 0.5) is 23.4 Å². The SMILES string of the molecule is CN1CCC(Nc2cccc3c(SC(F)(F)F)c(C#CCNC(=O)C4=CN(C(C)(C)C)NC4)nn23)C(F)C1. The predicted octanol–water partition coefficient (Wildman–Crippen LogP) is 3.37. The Labute approximate surface area is 223 Å². The summed E-state index contributed by atoms with van der Waals surface area (Å²) in [6.07, 6.45) is 1.14. The molecule has 2 aliphatic rings. The van der Waals surface area contributed by atoms with Crippen molar-refractivity contribution in [3.63, 3.8) is 0 Å². The molecule has 0 aliphatic carbocycles. The second kappa shape index (κ2) is 11.0. The third-order valence-electron chi connectivity index (χ3n) is 6.19. The summed E-state index contributed by atoms with van der Waals surface area (Å²) in [5.41, 5.74) is -0.986. The van der Waals surface area contributed by atoms with Crippen molar-refractivity contribution in [2.24, 2.45) is 0 Å². The Morgan fingerprint density at radius 2 is 2.05 bits per heavy atom. The summed E-state index contributed by atoms with van der Waals surface area (Å²) in [7, 11) is 1.84. The number of hydrogen-bond acceptors (Lipinski definition) is 7. The van der Waals surface area contributed by atoms with E-state index in [2.05, 4.69) is 33.0 Å². The number of rotatable bonds is 5. The third kappa shape index (κ3) is 6.73. The Kier molecular flexibility index (Phi) is 8.15. The second-order valence-electron chi connectivity index (χ2n) is 10.3. The van der Waals surface area contributed by atoms with Crippen molar-refractivity contribution in [1.29, 1.82) is 0 Å². The minimum atomic E-state index is -4.56. The molecule has 1 saturated heterocycles. The molecule has 2 aliphatic heterocycles. The number of nitrogens with zero attached hydrogens (tertiary/aromatic N) is 4. The molecule has 4 rings (SSSR count). The standard InChI is InChI=1S/C25H31F4N7OS/c1-24(2,3)35-14-16(13-31-35)23(37)30-11-6-7-19-22(38-25(27,28)29)20-8-5-9-21(36(20)33-19)32-18-10-12-34(4)15-17(18)26/h5,8-9,14,17-18,31-32H,10-13,15H2,1-4H3,(H,30,37). The number of nitrogens with one attached hydrogen (secondary N) is 3. The van der Waals surface area contributed by atoms with Gasteiger partial charge in [0.25, 0.3) is 5.91 Å². The van der Waals surface area contributed by atoms with Gasteiger partial charge in [-0.2, -0.15) is 18.3 Å². The summed E-state index contributed by atoms with van der Waals surface area (Å²) in [6, 6.07) is 4.28. The van der Waals surface area contributed by atoms with Gasteiger partial charge in [-0.1, -0.05) is 12.0 Å². The van der Waals surface area contributed by atoms with Crippen LogP contribution >= 0.6 is 11.8 Å². The van der Waals surface area contributed by atoms with E-state index in [1.54, 1.807) is 18.3 Å². The summed E-state index contributed by atoms with van der Waals surface area (Å²) in [6.45, 7) is 7.26. The van der Waals surface area contributed by atoms with Crippen LogP contribution in [0.5, 0.6) is 0 Å². The number of carbonyl (C=O) groups excluding carboxylic acids is 1. The summed E-state index contributed by atoms with van der Waals surface area (Å²) in [5, 5.41) is 11.9. The number of pyridine rings is 1. The molecular weight excluding hydrogens is 522 g/mol. The van der Waals surface area contributed by atoms with E-state index in [1.165, 1.54) is 10.6 Å². The van der Waals surface area contributed by atoms with Crippen LogP contribution < -0.4 is 16.1 Å². The fraction of sp³-hybridized carbons (Fsp3) is 0.520. The van der Waals surface area contributed by atoms with Crippen molar-refractivity contribution in [1.82, 2.24) is 30.3 Å². The van der Waals surface area contributed by atoms with Crippen LogP contribution in [-0.4, -0.2) is 81.9 Å². The first-order chi connectivity index (χ1) is 17.8. The van der Waals surface area contributed by atoms with Crippen LogP contribution in [0.25, 0.3) is 5.52 Å². The lowest BCUT2D eigenvalue weighted by Gasteiger charge is -2.33. The van der Waals surface area contributed by atoms with Crippen molar-refractivity contribution in [3.8, 4) is 11.8 Å². The quantitative estimate of drug-likeness (QED) is 0.298. The van der Waals surface area contributed by atoms with E-state index < -0.39 is 17.7 Å². The highest BCUT2D eigenvalue weighted by Crippen LogP contribution is 2.41. The van der Waals surface area contributed by atoms with Gasteiger partial charge in [-0.25, -0.2) is 14.3 Å². The first-order valence-electron chi connectivity index (χ1n) is 12.2. The molecule has 206 valence electrons. The number of halogens is 4. The van der Waals surface area contributed by atoms with Crippen LogP contribution in [-0.2, 0) is 4.79 Å². The lowest BCUT2D eigenvalue weighted by atomic mass is 10.0. The Morgan fingerprint density at radius 1 is 1.29 bits per heavy atom. The molecule has 0 bridgehead atoms. The van der Waals surface area contributed by atoms with E-state index in [0.29, 0.717) is 30.9 Å². The minimum absolute atomic E-state index is 0.0695. The number of aromatic nitrogens is 2. The third-order valence-corrected chi connectivity index (χ3v) is 7.03. The number of amides is 1. The zero-order valence-electron chi connectivity index (χ0n) is 21.6. The topological polar surface area (TPSA) is 76.9 Å². The van der Waals surface area contributed by atoms with Crippen molar-refractivity contribution in [3.05, 3.63) is 35.7 Å². The van der Waals surface area contributed by atoms with Crippen molar-refractivity contribution < 1.29 is 22.4 Å². The number of hydrazine groups is 1. The lowest BCUT2D eigenvalue weighted by molar-refractivity contribution is -0.117. The molecule has 8 nitrogen and oxygen atoms in total. The van der Waals surface area contributed by atoms with E-state index in [9.17, 15) is 22.4 Å². The highest BCUT2D eigenvalue weighted by Gasteiger charge is 2.34. The fourth-order valence-electron chi connectivity index (χ4n) is 4.22. The maximum atomic E-state index is 14.6. The number of piperidine rings is 1. The van der Waals surface area contributed by atoms with Crippen LogP contribution in [0, 0.1) is 11.8 Å². The van der Waals surface area contributed by atoms with Gasteiger partial charge < -0.3 is 20.5 Å². The van der Waals surface area contributed by atoms with E-state index in [0.717, 1.165) is 0 Å². The Morgan fingerprint density at radius 3 is 2.71 bits per heavy atom. The summed E-state index contributed by atoms with van der Waals surface area (Å²) in [5.74, 6) is 5.46. The van der Waals surface area contributed by atoms with Crippen LogP contribution in [0.3, 0.4) is 0 Å². The first-order valence-corrected chi connectivity index (χ1v) is 13.0. The number of fused-ring (bicyclic) bond motifs is 1. The molecule has 13 heteroatoms. The maximum absolute atomic E-state index is 14.6. The molecule has 2 aromatic heterocycles. The Balaban J connectivity index is 1.54. The number of thioether (sulfide) groups is 1. The minimum Gasteiger partial charge on any atom is -0.364 e. The van der Waals surface area contributed by atoms with E-state index >= 15 is 0 Å². The van der Waals surface area contributed by atoms with Crippen LogP contribution in [0.15, 0.2) is 34.9 Å². The predicted molar refractivity (Wildman–Crippen MR) is 139 cm³/mol. The molecule has 0 radical (unpaired) electrons. The van der Waals surface area contributed by atoms with Gasteiger partial charge in [0.15, 0.2) is 0 Å². The molecule has 0 spiro atoms. The monoisotopic (exact) mass is 553 g/mol. The molecule has 0 aromatic carbocycles. The zero-order chi connectivity index (χ0) is 27.7. The number of alkyl halides is 4. The molecule has 4 heterocycles. The van der Waals surface area contributed by atoms with Gasteiger partial charge in [-0.3, -0.25) is 4.79 Å². The molecule has 2 atom stereocenters. The van der Waals surface area contributed by atoms with Crippen LogP contribution in [0.2, 0.25) is 0 Å². The van der Waals surface area contributed by atoms with Crippen molar-refractivity contribution in [2.75, 3.05) is 38.5 Å². The smallest absolute Gasteiger partial charge is 0.364 e. The molecule has 2 unspecified atom stereocenters. The van der Waals surface area contributed by atoms with Gasteiger partial charge in [0.05, 0.1) is 23.0 Å². The highest BCUT2D eigenvalue weighted by molar-refractivity contribution is 8.00. The van der Waals surface area contributed by atoms with Gasteiger partial charge in [0, 0.05) is 36.9 Å². The number of carbonyl (C=O) groups is 1. The molecule has 3 N–H and O–H groups in total. The number of hydrogen-bond donors (Lipinski definition) is 3. The van der Waals surface area contributed by atoms with Gasteiger partial charge in [0.1, 0.15) is 17.7 Å².